The quantitative estimate of drug-likeness (QED) is 0.829. The van der Waals surface area contributed by atoms with Gasteiger partial charge in [0.05, 0.1) is 17.4 Å². The maximum absolute atomic E-state index is 11.8. The van der Waals surface area contributed by atoms with Gasteiger partial charge in [0, 0.05) is 18.0 Å². The van der Waals surface area contributed by atoms with Crippen LogP contribution in [0.5, 0.6) is 5.75 Å². The highest BCUT2D eigenvalue weighted by Crippen LogP contribution is 2.23. The highest BCUT2D eigenvalue weighted by Gasteiger charge is 2.31. The lowest BCUT2D eigenvalue weighted by Crippen LogP contribution is -2.40. The van der Waals surface area contributed by atoms with E-state index in [0.717, 1.165) is 0 Å². The number of nitrogens with one attached hydrogen (secondary N) is 1. The number of amides is 1. The van der Waals surface area contributed by atoms with E-state index in [1.165, 1.54) is 18.4 Å². The average molecular weight is 271 g/mol. The largest absolute Gasteiger partial charge is 0.496 e. The first-order valence-corrected chi connectivity index (χ1v) is 6.45. The molecule has 1 unspecified atom stereocenters. The molecule has 0 aromatic carbocycles. The van der Waals surface area contributed by atoms with E-state index in [2.05, 4.69) is 5.32 Å². The molecule has 1 heterocycles. The first kappa shape index (κ1) is 14.5. The summed E-state index contributed by atoms with van der Waals surface area (Å²) in [4.78, 5) is 23.4. The number of carbonyl (C=O) groups excluding carboxylic acids is 1. The first-order valence-electron chi connectivity index (χ1n) is 5.57. The smallest absolute Gasteiger partial charge is 0.311 e. The summed E-state index contributed by atoms with van der Waals surface area (Å²) in [5.41, 5.74) is -0.934. The van der Waals surface area contributed by atoms with Crippen molar-refractivity contribution in [2.45, 2.75) is 20.3 Å². The molecule has 1 atom stereocenters. The summed E-state index contributed by atoms with van der Waals surface area (Å²) in [7, 11) is 1.53. The summed E-state index contributed by atoms with van der Waals surface area (Å²) in [5, 5.41) is 13.5. The van der Waals surface area contributed by atoms with E-state index in [-0.39, 0.29) is 12.5 Å². The standard InChI is InChI=1S/C12H17NO4S/c1-4-12(2,11(15)16)7-13-10(14)9-5-8(17-3)6-18-9/h5-6H,4,7H2,1-3H3,(H,13,14)(H,15,16). The number of hydrogen-bond acceptors (Lipinski definition) is 4. The van der Waals surface area contributed by atoms with Gasteiger partial charge in [0.15, 0.2) is 0 Å². The Kier molecular flexibility index (Phi) is 4.72. The molecule has 0 radical (unpaired) electrons. The second kappa shape index (κ2) is 5.86. The number of methoxy groups -OCH3 is 1. The Morgan fingerprint density at radius 2 is 2.22 bits per heavy atom. The van der Waals surface area contributed by atoms with Crippen LogP contribution in [0.25, 0.3) is 0 Å². The minimum Gasteiger partial charge on any atom is -0.496 e. The van der Waals surface area contributed by atoms with Crippen LogP contribution in [0.1, 0.15) is 29.9 Å². The van der Waals surface area contributed by atoms with Gasteiger partial charge in [0.25, 0.3) is 5.91 Å². The van der Waals surface area contributed by atoms with E-state index >= 15 is 0 Å². The third-order valence-electron chi connectivity index (χ3n) is 2.97. The molecule has 2 N–H and O–H groups in total. The van der Waals surface area contributed by atoms with Crippen LogP contribution in [0.15, 0.2) is 11.4 Å². The molecule has 0 bridgehead atoms. The van der Waals surface area contributed by atoms with E-state index in [1.54, 1.807) is 25.3 Å². The zero-order valence-corrected chi connectivity index (χ0v) is 11.5. The Morgan fingerprint density at radius 3 is 2.67 bits per heavy atom. The summed E-state index contributed by atoms with van der Waals surface area (Å²) < 4.78 is 4.99. The number of thiophene rings is 1. The monoisotopic (exact) mass is 271 g/mol. The number of aliphatic carboxylic acids is 1. The molecule has 1 aromatic rings. The van der Waals surface area contributed by atoms with Crippen LogP contribution in [0.3, 0.4) is 0 Å². The van der Waals surface area contributed by atoms with Crippen LogP contribution in [0.2, 0.25) is 0 Å². The average Bonchev–Trinajstić information content (AvgIpc) is 2.84. The highest BCUT2D eigenvalue weighted by molar-refractivity contribution is 7.12. The van der Waals surface area contributed by atoms with Crippen LogP contribution in [0.4, 0.5) is 0 Å². The Bertz CT molecular complexity index is 443. The molecular weight excluding hydrogens is 254 g/mol. The van der Waals surface area contributed by atoms with E-state index in [1.807, 2.05) is 0 Å². The first-order chi connectivity index (χ1) is 8.42. The molecule has 6 heteroatoms. The lowest BCUT2D eigenvalue weighted by Gasteiger charge is -2.22. The van der Waals surface area contributed by atoms with Gasteiger partial charge in [-0.25, -0.2) is 0 Å². The summed E-state index contributed by atoms with van der Waals surface area (Å²) in [6.45, 7) is 3.51. The number of carbonyl (C=O) groups is 2. The zero-order chi connectivity index (χ0) is 13.8. The predicted molar refractivity (Wildman–Crippen MR) is 69.2 cm³/mol. The minimum absolute atomic E-state index is 0.109. The SMILES string of the molecule is CCC(C)(CNC(=O)c1cc(OC)cs1)C(=O)O. The van der Waals surface area contributed by atoms with Gasteiger partial charge in [-0.15, -0.1) is 11.3 Å². The molecule has 0 aliphatic heterocycles. The lowest BCUT2D eigenvalue weighted by molar-refractivity contribution is -0.147. The van der Waals surface area contributed by atoms with Gasteiger partial charge >= 0.3 is 5.97 Å². The predicted octanol–water partition coefficient (Wildman–Crippen LogP) is 1.99. The van der Waals surface area contributed by atoms with Crippen molar-refractivity contribution in [1.82, 2.24) is 5.32 Å². The van der Waals surface area contributed by atoms with Crippen molar-refractivity contribution in [3.8, 4) is 5.75 Å². The number of hydrogen-bond donors (Lipinski definition) is 2. The number of carboxylic acids is 1. The Balaban J connectivity index is 2.63. The van der Waals surface area contributed by atoms with Crippen molar-refractivity contribution in [2.75, 3.05) is 13.7 Å². The second-order valence-corrected chi connectivity index (χ2v) is 5.16. The molecule has 1 amide bonds. The summed E-state index contributed by atoms with van der Waals surface area (Å²) >= 11 is 1.26. The van der Waals surface area contributed by atoms with Crippen molar-refractivity contribution in [2.24, 2.45) is 5.41 Å². The molecule has 0 aliphatic rings. The second-order valence-electron chi connectivity index (χ2n) is 4.25. The molecule has 5 nitrogen and oxygen atoms in total. The van der Waals surface area contributed by atoms with Gasteiger partial charge in [-0.05, 0) is 13.3 Å². The molecular formula is C12H17NO4S. The molecule has 100 valence electrons. The van der Waals surface area contributed by atoms with Crippen LogP contribution < -0.4 is 10.1 Å². The van der Waals surface area contributed by atoms with Crippen LogP contribution >= 0.6 is 11.3 Å². The molecule has 0 spiro atoms. The minimum atomic E-state index is -0.934. The maximum Gasteiger partial charge on any atom is 0.311 e. The van der Waals surface area contributed by atoms with Crippen LogP contribution in [-0.2, 0) is 4.79 Å². The fraction of sp³-hybridized carbons (Fsp3) is 0.500. The molecule has 0 saturated carbocycles. The lowest BCUT2D eigenvalue weighted by atomic mass is 9.88. The van der Waals surface area contributed by atoms with Crippen molar-refractivity contribution in [3.05, 3.63) is 16.3 Å². The summed E-state index contributed by atoms with van der Waals surface area (Å²) in [6.07, 6.45) is 0.455. The third-order valence-corrected chi connectivity index (χ3v) is 3.88. The van der Waals surface area contributed by atoms with Crippen molar-refractivity contribution >= 4 is 23.2 Å². The molecule has 0 fully saturated rings. The van der Waals surface area contributed by atoms with E-state index in [4.69, 9.17) is 9.84 Å². The molecule has 18 heavy (non-hydrogen) atoms. The summed E-state index contributed by atoms with van der Waals surface area (Å²) in [5.74, 6) is -0.556. The fourth-order valence-electron chi connectivity index (χ4n) is 1.26. The Hall–Kier alpha value is -1.56. The highest BCUT2D eigenvalue weighted by atomic mass is 32.1. The van der Waals surface area contributed by atoms with Crippen LogP contribution in [0, 0.1) is 5.41 Å². The van der Waals surface area contributed by atoms with Crippen molar-refractivity contribution in [3.63, 3.8) is 0 Å². The fourth-order valence-corrected chi connectivity index (χ4v) is 2.03. The van der Waals surface area contributed by atoms with Gasteiger partial charge in [-0.1, -0.05) is 6.92 Å². The van der Waals surface area contributed by atoms with Crippen molar-refractivity contribution < 1.29 is 19.4 Å². The summed E-state index contributed by atoms with van der Waals surface area (Å²) in [6, 6.07) is 1.63. The Morgan fingerprint density at radius 1 is 1.56 bits per heavy atom. The van der Waals surface area contributed by atoms with E-state index in [0.29, 0.717) is 17.0 Å². The topological polar surface area (TPSA) is 75.6 Å². The van der Waals surface area contributed by atoms with Gasteiger partial charge in [0.1, 0.15) is 5.75 Å². The third kappa shape index (κ3) is 3.22. The zero-order valence-electron chi connectivity index (χ0n) is 10.6. The van der Waals surface area contributed by atoms with Gasteiger partial charge < -0.3 is 15.2 Å². The van der Waals surface area contributed by atoms with Crippen LogP contribution in [-0.4, -0.2) is 30.6 Å². The molecule has 0 saturated heterocycles. The van der Waals surface area contributed by atoms with Gasteiger partial charge in [-0.3, -0.25) is 9.59 Å². The number of ether oxygens (including phenoxy) is 1. The number of rotatable bonds is 6. The Labute approximate surface area is 110 Å². The molecule has 1 rings (SSSR count). The number of carboxylic acid groups (broad SMARTS) is 1. The van der Waals surface area contributed by atoms with Gasteiger partial charge in [-0.2, -0.15) is 0 Å². The molecule has 0 aliphatic carbocycles. The van der Waals surface area contributed by atoms with Gasteiger partial charge in [0.2, 0.25) is 0 Å². The normalized spacial score (nSPS) is 13.7. The van der Waals surface area contributed by atoms with Crippen molar-refractivity contribution in [1.29, 1.82) is 0 Å². The molecule has 1 aromatic heterocycles. The van der Waals surface area contributed by atoms with E-state index < -0.39 is 11.4 Å². The maximum atomic E-state index is 11.8. The van der Waals surface area contributed by atoms with E-state index in [9.17, 15) is 9.59 Å².